The third kappa shape index (κ3) is 7.24. The molecule has 0 aliphatic rings. The summed E-state index contributed by atoms with van der Waals surface area (Å²) < 4.78 is 5.87. The molecule has 0 fully saturated rings. The van der Waals surface area contributed by atoms with Crippen LogP contribution in [0.15, 0.2) is 100 Å². The Hall–Kier alpha value is -3.50. The Morgan fingerprint density at radius 3 is 2.14 bits per heavy atom. The second kappa shape index (κ2) is 12.8. The van der Waals surface area contributed by atoms with E-state index in [-0.39, 0.29) is 0 Å². The van der Waals surface area contributed by atoms with Crippen LogP contribution in [0.5, 0.6) is 5.75 Å². The first-order valence-corrected chi connectivity index (χ1v) is 12.6. The van der Waals surface area contributed by atoms with E-state index in [1.54, 1.807) is 12.1 Å². The summed E-state index contributed by atoms with van der Waals surface area (Å²) in [4.78, 5) is 4.75. The lowest BCUT2D eigenvalue weighted by Crippen LogP contribution is -1.97. The van der Waals surface area contributed by atoms with E-state index in [0.717, 1.165) is 52.2 Å². The molecule has 35 heavy (non-hydrogen) atoms. The van der Waals surface area contributed by atoms with Crippen molar-refractivity contribution in [2.24, 2.45) is 15.2 Å². The molecule has 0 unspecified atom stereocenters. The Morgan fingerprint density at radius 1 is 0.714 bits per heavy atom. The summed E-state index contributed by atoms with van der Waals surface area (Å²) in [5.74, 6) is 0.901. The Morgan fingerprint density at radius 2 is 1.40 bits per heavy atom. The third-order valence-electron chi connectivity index (χ3n) is 5.73. The largest absolute Gasteiger partial charge is 0.494 e. The van der Waals surface area contributed by atoms with Gasteiger partial charge in [0.2, 0.25) is 0 Å². The van der Waals surface area contributed by atoms with Crippen molar-refractivity contribution in [2.75, 3.05) is 6.61 Å². The van der Waals surface area contributed by atoms with Crippen LogP contribution in [0.1, 0.15) is 44.6 Å². The van der Waals surface area contributed by atoms with Gasteiger partial charge in [-0.15, -0.1) is 5.11 Å². The van der Waals surface area contributed by atoms with Crippen molar-refractivity contribution in [2.45, 2.75) is 39.0 Å². The number of fused-ring (bicyclic) bond motifs is 1. The lowest BCUT2D eigenvalue weighted by atomic mass is 10.1. The Labute approximate surface area is 212 Å². The highest BCUT2D eigenvalue weighted by atomic mass is 35.5. The molecule has 0 N–H and O–H groups in total. The molecule has 4 rings (SSSR count). The van der Waals surface area contributed by atoms with Crippen molar-refractivity contribution in [3.8, 4) is 5.75 Å². The van der Waals surface area contributed by atoms with E-state index in [1.165, 1.54) is 25.7 Å². The molecule has 0 aliphatic heterocycles. The van der Waals surface area contributed by atoms with Gasteiger partial charge in [0.25, 0.3) is 0 Å². The number of halogens is 1. The number of nitrogens with zero attached hydrogens (tertiary/aromatic N) is 3. The number of rotatable bonds is 11. The van der Waals surface area contributed by atoms with Gasteiger partial charge < -0.3 is 4.74 Å². The normalized spacial score (nSPS) is 11.6. The molecule has 4 aromatic carbocycles. The number of benzene rings is 4. The van der Waals surface area contributed by atoms with Gasteiger partial charge >= 0.3 is 0 Å². The van der Waals surface area contributed by atoms with Crippen LogP contribution in [0, 0.1) is 0 Å². The molecule has 0 heterocycles. The maximum absolute atomic E-state index is 5.95. The minimum Gasteiger partial charge on any atom is -0.494 e. The van der Waals surface area contributed by atoms with Gasteiger partial charge in [0, 0.05) is 22.0 Å². The Balaban J connectivity index is 1.43. The SMILES string of the molecule is CCCCCCCOc1ccc(C=Nc2ccc(N=Nc3ccc(Cl)cc3)c3ccccc23)cc1. The van der Waals surface area contributed by atoms with Gasteiger partial charge in [0.1, 0.15) is 5.75 Å². The van der Waals surface area contributed by atoms with Crippen molar-refractivity contribution in [1.82, 2.24) is 0 Å². The molecule has 0 radical (unpaired) electrons. The topological polar surface area (TPSA) is 46.3 Å². The van der Waals surface area contributed by atoms with E-state index >= 15 is 0 Å². The minimum absolute atomic E-state index is 0.677. The Bertz CT molecular complexity index is 1280. The van der Waals surface area contributed by atoms with Crippen molar-refractivity contribution < 1.29 is 4.74 Å². The second-order valence-electron chi connectivity index (χ2n) is 8.42. The zero-order valence-electron chi connectivity index (χ0n) is 20.0. The number of aliphatic imine (C=N–C) groups is 1. The highest BCUT2D eigenvalue weighted by Crippen LogP contribution is 2.34. The van der Waals surface area contributed by atoms with Crippen molar-refractivity contribution in [3.63, 3.8) is 0 Å². The number of azo groups is 1. The summed E-state index contributed by atoms with van der Waals surface area (Å²) >= 11 is 5.95. The molecular formula is C30H30ClN3O. The molecule has 4 nitrogen and oxygen atoms in total. The van der Waals surface area contributed by atoms with Gasteiger partial charge in [-0.25, -0.2) is 0 Å². The molecule has 0 bridgehead atoms. The van der Waals surface area contributed by atoms with E-state index in [2.05, 4.69) is 23.2 Å². The number of ether oxygens (including phenoxy) is 1. The summed E-state index contributed by atoms with van der Waals surface area (Å²) in [6, 6.07) is 27.4. The highest BCUT2D eigenvalue weighted by molar-refractivity contribution is 6.30. The molecule has 4 aromatic rings. The average Bonchev–Trinajstić information content (AvgIpc) is 2.90. The number of hydrogen-bond donors (Lipinski definition) is 0. The standard InChI is InChI=1S/C30H30ClN3O/c1-2-3-4-5-8-21-35-26-17-11-23(12-18-26)22-32-29-19-20-30(28-10-7-6-9-27(28)29)34-33-25-15-13-24(31)14-16-25/h6-7,9-20,22H,2-5,8,21H2,1H3. The fourth-order valence-corrected chi connectivity index (χ4v) is 3.90. The van der Waals surface area contributed by atoms with E-state index < -0.39 is 0 Å². The number of unbranched alkanes of at least 4 members (excludes halogenated alkanes) is 4. The van der Waals surface area contributed by atoms with Crippen LogP contribution < -0.4 is 4.74 Å². The van der Waals surface area contributed by atoms with Crippen LogP contribution >= 0.6 is 11.6 Å². The molecule has 0 amide bonds. The summed E-state index contributed by atoms with van der Waals surface area (Å²) in [6.07, 6.45) is 8.07. The molecule has 0 aliphatic carbocycles. The molecule has 0 spiro atoms. The second-order valence-corrected chi connectivity index (χ2v) is 8.85. The van der Waals surface area contributed by atoms with Crippen molar-refractivity contribution in [3.05, 3.63) is 95.5 Å². The lowest BCUT2D eigenvalue weighted by Gasteiger charge is -2.06. The lowest BCUT2D eigenvalue weighted by molar-refractivity contribution is 0.304. The zero-order valence-corrected chi connectivity index (χ0v) is 20.8. The van der Waals surface area contributed by atoms with Crippen LogP contribution in [0.25, 0.3) is 10.8 Å². The van der Waals surface area contributed by atoms with Crippen molar-refractivity contribution >= 4 is 45.7 Å². The van der Waals surface area contributed by atoms with Crippen LogP contribution in [0.4, 0.5) is 17.1 Å². The molecule has 0 saturated carbocycles. The third-order valence-corrected chi connectivity index (χ3v) is 5.98. The predicted molar refractivity (Wildman–Crippen MR) is 148 cm³/mol. The molecule has 5 heteroatoms. The molecule has 178 valence electrons. The number of hydrogen-bond acceptors (Lipinski definition) is 4. The van der Waals surface area contributed by atoms with Crippen LogP contribution in [-0.4, -0.2) is 12.8 Å². The Kier molecular flexibility index (Phi) is 9.02. The van der Waals surface area contributed by atoms with Gasteiger partial charge in [-0.2, -0.15) is 5.11 Å². The summed E-state index contributed by atoms with van der Waals surface area (Å²) in [6.45, 7) is 3.00. The van der Waals surface area contributed by atoms with Crippen LogP contribution in [-0.2, 0) is 0 Å². The van der Waals surface area contributed by atoms with E-state index in [4.69, 9.17) is 21.3 Å². The predicted octanol–water partition coefficient (Wildman–Crippen LogP) is 10.0. The first-order chi connectivity index (χ1) is 17.2. The first kappa shape index (κ1) is 24.6. The molecule has 0 aromatic heterocycles. The smallest absolute Gasteiger partial charge is 0.119 e. The molecule has 0 saturated heterocycles. The maximum atomic E-state index is 5.95. The quantitative estimate of drug-likeness (QED) is 0.119. The van der Waals surface area contributed by atoms with Gasteiger partial charge in [0.15, 0.2) is 0 Å². The van der Waals surface area contributed by atoms with Gasteiger partial charge in [-0.1, -0.05) is 68.5 Å². The van der Waals surface area contributed by atoms with Crippen molar-refractivity contribution in [1.29, 1.82) is 0 Å². The fourth-order valence-electron chi connectivity index (χ4n) is 3.78. The first-order valence-electron chi connectivity index (χ1n) is 12.2. The zero-order chi connectivity index (χ0) is 24.3. The minimum atomic E-state index is 0.677. The highest BCUT2D eigenvalue weighted by Gasteiger charge is 2.05. The van der Waals surface area contributed by atoms with E-state index in [9.17, 15) is 0 Å². The van der Waals surface area contributed by atoms with Gasteiger partial charge in [-0.3, -0.25) is 4.99 Å². The van der Waals surface area contributed by atoms with Gasteiger partial charge in [-0.05, 0) is 72.6 Å². The van der Waals surface area contributed by atoms with E-state index in [1.807, 2.05) is 72.9 Å². The summed E-state index contributed by atoms with van der Waals surface area (Å²) in [7, 11) is 0. The van der Waals surface area contributed by atoms with Gasteiger partial charge in [0.05, 0.1) is 23.7 Å². The van der Waals surface area contributed by atoms with Crippen LogP contribution in [0.3, 0.4) is 0 Å². The average molecular weight is 484 g/mol. The van der Waals surface area contributed by atoms with E-state index in [0.29, 0.717) is 5.02 Å². The summed E-state index contributed by atoms with van der Waals surface area (Å²) in [5, 5.41) is 11.5. The fraction of sp³-hybridized carbons (Fsp3) is 0.233. The molecular weight excluding hydrogens is 454 g/mol. The van der Waals surface area contributed by atoms with Crippen LogP contribution in [0.2, 0.25) is 5.02 Å². The maximum Gasteiger partial charge on any atom is 0.119 e. The monoisotopic (exact) mass is 483 g/mol. The molecule has 0 atom stereocenters. The summed E-state index contributed by atoms with van der Waals surface area (Å²) in [5.41, 5.74) is 3.46.